The van der Waals surface area contributed by atoms with E-state index in [0.717, 1.165) is 41.6 Å². The van der Waals surface area contributed by atoms with Crippen LogP contribution >= 0.6 is 11.3 Å². The van der Waals surface area contributed by atoms with E-state index in [4.69, 9.17) is 9.47 Å². The third kappa shape index (κ3) is 4.10. The number of hydrogen-bond acceptors (Lipinski definition) is 6. The summed E-state index contributed by atoms with van der Waals surface area (Å²) < 4.78 is 12.9. The van der Waals surface area contributed by atoms with E-state index >= 15 is 0 Å². The van der Waals surface area contributed by atoms with Crippen LogP contribution in [0.4, 0.5) is 0 Å². The first-order valence-electron chi connectivity index (χ1n) is 9.53. The summed E-state index contributed by atoms with van der Waals surface area (Å²) in [7, 11) is 0. The SMILES string of the molecule is CC(C)(O)[C@H]1CC[C@H](NC(=O)[C@H]2C[C@H](Oc3cccc4scnc34)C2)CO1. The van der Waals surface area contributed by atoms with E-state index in [-0.39, 0.29) is 30.1 Å². The first-order chi connectivity index (χ1) is 12.9. The predicted octanol–water partition coefficient (Wildman–Crippen LogP) is 2.89. The van der Waals surface area contributed by atoms with Crippen molar-refractivity contribution >= 4 is 27.5 Å². The number of nitrogens with one attached hydrogen (secondary N) is 1. The Labute approximate surface area is 162 Å². The van der Waals surface area contributed by atoms with Crippen molar-refractivity contribution in [3.05, 3.63) is 23.7 Å². The van der Waals surface area contributed by atoms with E-state index in [2.05, 4.69) is 10.3 Å². The molecular weight excluding hydrogens is 364 g/mol. The highest BCUT2D eigenvalue weighted by Gasteiger charge is 2.38. The van der Waals surface area contributed by atoms with Gasteiger partial charge in [0, 0.05) is 5.92 Å². The molecule has 146 valence electrons. The molecule has 6 nitrogen and oxygen atoms in total. The average Bonchev–Trinajstić information content (AvgIpc) is 3.06. The van der Waals surface area contributed by atoms with Gasteiger partial charge in [-0.2, -0.15) is 0 Å². The summed E-state index contributed by atoms with van der Waals surface area (Å²) in [6, 6.07) is 5.97. The number of fused-ring (bicyclic) bond motifs is 1. The highest BCUT2D eigenvalue weighted by Crippen LogP contribution is 2.35. The number of ether oxygens (including phenoxy) is 2. The van der Waals surface area contributed by atoms with Crippen LogP contribution in [0.1, 0.15) is 39.5 Å². The minimum atomic E-state index is -0.840. The van der Waals surface area contributed by atoms with Crippen molar-refractivity contribution in [2.24, 2.45) is 5.92 Å². The van der Waals surface area contributed by atoms with E-state index in [1.54, 1.807) is 25.2 Å². The van der Waals surface area contributed by atoms with Gasteiger partial charge in [0.1, 0.15) is 17.4 Å². The van der Waals surface area contributed by atoms with Crippen LogP contribution in [0.2, 0.25) is 0 Å². The molecule has 4 rings (SSSR count). The van der Waals surface area contributed by atoms with E-state index in [9.17, 15) is 9.90 Å². The Hall–Kier alpha value is -1.70. The number of nitrogens with zero attached hydrogens (tertiary/aromatic N) is 1. The van der Waals surface area contributed by atoms with Gasteiger partial charge in [-0.15, -0.1) is 11.3 Å². The number of benzene rings is 1. The molecular formula is C20H26N2O4S. The van der Waals surface area contributed by atoms with E-state index < -0.39 is 5.60 Å². The smallest absolute Gasteiger partial charge is 0.223 e. The first kappa shape index (κ1) is 18.7. The van der Waals surface area contributed by atoms with Gasteiger partial charge in [0.2, 0.25) is 5.91 Å². The molecule has 2 heterocycles. The summed E-state index contributed by atoms with van der Waals surface area (Å²) in [6.45, 7) is 3.98. The number of para-hydroxylation sites is 1. The zero-order valence-electron chi connectivity index (χ0n) is 15.7. The molecule has 0 bridgehead atoms. The summed E-state index contributed by atoms with van der Waals surface area (Å²) >= 11 is 1.60. The lowest BCUT2D eigenvalue weighted by atomic mass is 9.81. The molecule has 2 N–H and O–H groups in total. The van der Waals surface area contributed by atoms with Gasteiger partial charge in [0.05, 0.1) is 34.6 Å². The second kappa shape index (κ2) is 7.37. The second-order valence-electron chi connectivity index (χ2n) is 8.12. The topological polar surface area (TPSA) is 80.7 Å². The molecule has 1 aromatic carbocycles. The fourth-order valence-corrected chi connectivity index (χ4v) is 4.45. The van der Waals surface area contributed by atoms with Gasteiger partial charge in [-0.1, -0.05) is 6.07 Å². The van der Waals surface area contributed by atoms with Crippen molar-refractivity contribution in [1.29, 1.82) is 0 Å². The van der Waals surface area contributed by atoms with Gasteiger partial charge in [-0.05, 0) is 51.7 Å². The maximum atomic E-state index is 12.5. The van der Waals surface area contributed by atoms with Crippen molar-refractivity contribution in [3.63, 3.8) is 0 Å². The Morgan fingerprint density at radius 3 is 2.89 bits per heavy atom. The van der Waals surface area contributed by atoms with Crippen LogP contribution in [0.15, 0.2) is 23.7 Å². The standard InChI is InChI=1S/C20H26N2O4S/c1-20(2,24)17-7-6-13(10-25-17)22-19(23)12-8-14(9-12)26-15-4-3-5-16-18(15)21-11-27-16/h3-5,11-14,17,24H,6-10H2,1-2H3,(H,22,23)/t12-,13-,14-,17+/m0/s1. The third-order valence-electron chi connectivity index (χ3n) is 5.49. The number of amides is 1. The summed E-state index contributed by atoms with van der Waals surface area (Å²) in [5.41, 5.74) is 1.88. The molecule has 1 saturated heterocycles. The Morgan fingerprint density at radius 2 is 2.19 bits per heavy atom. The average molecular weight is 391 g/mol. The molecule has 2 atom stereocenters. The highest BCUT2D eigenvalue weighted by atomic mass is 32.1. The number of hydrogen-bond donors (Lipinski definition) is 2. The molecule has 0 unspecified atom stereocenters. The molecule has 7 heteroatoms. The van der Waals surface area contributed by atoms with Crippen LogP contribution in [0, 0.1) is 5.92 Å². The minimum absolute atomic E-state index is 0.00311. The second-order valence-corrected chi connectivity index (χ2v) is 9.01. The minimum Gasteiger partial charge on any atom is -0.488 e. The van der Waals surface area contributed by atoms with Crippen molar-refractivity contribution in [2.75, 3.05) is 6.61 Å². The molecule has 1 saturated carbocycles. The Morgan fingerprint density at radius 1 is 1.37 bits per heavy atom. The van der Waals surface area contributed by atoms with E-state index in [1.165, 1.54) is 0 Å². The van der Waals surface area contributed by atoms with Gasteiger partial charge in [0.25, 0.3) is 0 Å². The number of carbonyl (C=O) groups excluding carboxylic acids is 1. The van der Waals surface area contributed by atoms with E-state index in [0.29, 0.717) is 6.61 Å². The Kier molecular flexibility index (Phi) is 5.09. The van der Waals surface area contributed by atoms with Crippen LogP contribution in [-0.2, 0) is 9.53 Å². The normalized spacial score (nSPS) is 28.6. The highest BCUT2D eigenvalue weighted by molar-refractivity contribution is 7.16. The van der Waals surface area contributed by atoms with Gasteiger partial charge in [0.15, 0.2) is 0 Å². The number of thiazole rings is 1. The predicted molar refractivity (Wildman–Crippen MR) is 104 cm³/mol. The van der Waals surface area contributed by atoms with Crippen LogP contribution in [-0.4, -0.2) is 46.5 Å². The third-order valence-corrected chi connectivity index (χ3v) is 6.29. The molecule has 2 aromatic rings. The Balaban J connectivity index is 1.23. The zero-order valence-corrected chi connectivity index (χ0v) is 16.5. The van der Waals surface area contributed by atoms with Crippen LogP contribution in [0.5, 0.6) is 5.75 Å². The fraction of sp³-hybridized carbons (Fsp3) is 0.600. The number of aliphatic hydroxyl groups is 1. The molecule has 0 spiro atoms. The molecule has 2 fully saturated rings. The van der Waals surface area contributed by atoms with Gasteiger partial charge in [-0.3, -0.25) is 4.79 Å². The molecule has 2 aliphatic rings. The maximum Gasteiger partial charge on any atom is 0.223 e. The van der Waals surface area contributed by atoms with Crippen LogP contribution in [0.25, 0.3) is 10.2 Å². The lowest BCUT2D eigenvalue weighted by Gasteiger charge is -2.38. The molecule has 1 amide bonds. The summed E-state index contributed by atoms with van der Waals surface area (Å²) in [5, 5.41) is 13.1. The van der Waals surface area contributed by atoms with Crippen molar-refractivity contribution in [2.45, 2.75) is 63.4 Å². The maximum absolute atomic E-state index is 12.5. The van der Waals surface area contributed by atoms with Gasteiger partial charge < -0.3 is 19.9 Å². The number of rotatable bonds is 5. The molecule has 1 aliphatic heterocycles. The Bertz CT molecular complexity index is 802. The molecule has 1 aliphatic carbocycles. The van der Waals surface area contributed by atoms with Crippen LogP contribution < -0.4 is 10.1 Å². The van der Waals surface area contributed by atoms with Gasteiger partial charge in [-0.25, -0.2) is 4.98 Å². The lowest BCUT2D eigenvalue weighted by Crippen LogP contribution is -2.51. The molecule has 0 radical (unpaired) electrons. The summed E-state index contributed by atoms with van der Waals surface area (Å²) in [5.74, 6) is 0.879. The monoisotopic (exact) mass is 390 g/mol. The van der Waals surface area contributed by atoms with Crippen molar-refractivity contribution in [3.8, 4) is 5.75 Å². The first-order valence-corrected chi connectivity index (χ1v) is 10.4. The summed E-state index contributed by atoms with van der Waals surface area (Å²) in [4.78, 5) is 16.8. The largest absolute Gasteiger partial charge is 0.488 e. The fourth-order valence-electron chi connectivity index (χ4n) is 3.75. The van der Waals surface area contributed by atoms with E-state index in [1.807, 2.05) is 23.7 Å². The summed E-state index contributed by atoms with van der Waals surface area (Å²) in [6.07, 6.45) is 2.94. The molecule has 27 heavy (non-hydrogen) atoms. The number of aromatic nitrogens is 1. The zero-order chi connectivity index (χ0) is 19.0. The van der Waals surface area contributed by atoms with Gasteiger partial charge >= 0.3 is 0 Å². The number of carbonyl (C=O) groups is 1. The van der Waals surface area contributed by atoms with Crippen molar-refractivity contribution < 1.29 is 19.4 Å². The quantitative estimate of drug-likeness (QED) is 0.821. The van der Waals surface area contributed by atoms with Crippen molar-refractivity contribution in [1.82, 2.24) is 10.3 Å². The van der Waals surface area contributed by atoms with Crippen LogP contribution in [0.3, 0.4) is 0 Å². The molecule has 1 aromatic heterocycles. The lowest BCUT2D eigenvalue weighted by molar-refractivity contribution is -0.137.